The molecule has 1 aromatic carbocycles. The summed E-state index contributed by atoms with van der Waals surface area (Å²) >= 11 is 1.60. The number of aliphatic hydroxyl groups is 5. The first-order valence-corrected chi connectivity index (χ1v) is 22.9. The number of aliphatic hydroxyl groups excluding tert-OH is 3. The van der Waals surface area contributed by atoms with E-state index in [1.807, 2.05) is 63.2 Å². The second kappa shape index (κ2) is 21.8. The number of carbonyl (C=O) groups excluding carboxylic acids is 1. The first kappa shape index (κ1) is 51.7. The highest BCUT2D eigenvalue weighted by Crippen LogP contribution is 2.41. The molecule has 16 heteroatoms. The van der Waals surface area contributed by atoms with E-state index in [1.165, 1.54) is 14.0 Å². The molecule has 3 heterocycles. The number of likely N-dealkylation sites (N-methyl/N-ethyl adjacent to an activating group) is 1. The number of hydrogen-bond donors (Lipinski definition) is 5. The number of cyclic esters (lactones) is 1. The van der Waals surface area contributed by atoms with Crippen molar-refractivity contribution < 1.29 is 63.6 Å². The number of ether oxygens (including phenoxy) is 6. The topological polar surface area (TPSA) is 198 Å². The molecule has 0 bridgehead atoms. The van der Waals surface area contributed by atoms with Crippen LogP contribution in [0.1, 0.15) is 94.9 Å². The van der Waals surface area contributed by atoms with Crippen molar-refractivity contribution in [3.05, 3.63) is 30.3 Å². The lowest BCUT2D eigenvalue weighted by Crippen LogP contribution is -2.61. The van der Waals surface area contributed by atoms with Crippen LogP contribution in [0.25, 0.3) is 0 Å². The summed E-state index contributed by atoms with van der Waals surface area (Å²) in [5.74, 6) is -3.42. The van der Waals surface area contributed by atoms with Crippen molar-refractivity contribution in [2.24, 2.45) is 28.8 Å². The Morgan fingerprint density at radius 1 is 0.918 bits per heavy atom. The van der Waals surface area contributed by atoms with E-state index in [-0.39, 0.29) is 38.0 Å². The molecule has 0 saturated carbocycles. The number of methoxy groups -OCH3 is 1. The van der Waals surface area contributed by atoms with Crippen LogP contribution in [-0.4, -0.2) is 160 Å². The minimum Gasteiger partial charge on any atom is -0.459 e. The van der Waals surface area contributed by atoms with Crippen LogP contribution >= 0.6 is 11.8 Å². The van der Waals surface area contributed by atoms with E-state index in [2.05, 4.69) is 5.16 Å². The predicted molar refractivity (Wildman–Crippen MR) is 232 cm³/mol. The molecule has 5 N–H and O–H groups in total. The third kappa shape index (κ3) is 12.5. The summed E-state index contributed by atoms with van der Waals surface area (Å²) in [7, 11) is 5.25. The van der Waals surface area contributed by atoms with Gasteiger partial charge in [0.15, 0.2) is 12.6 Å². The highest BCUT2D eigenvalue weighted by Gasteiger charge is 2.53. The summed E-state index contributed by atoms with van der Waals surface area (Å²) in [6, 6.07) is 9.57. The van der Waals surface area contributed by atoms with E-state index in [4.69, 9.17) is 33.3 Å². The number of thioether (sulfide) groups is 1. The second-order valence-corrected chi connectivity index (χ2v) is 19.7. The molecule has 18 atom stereocenters. The van der Waals surface area contributed by atoms with Crippen LogP contribution in [0, 0.1) is 23.7 Å². The van der Waals surface area contributed by atoms with Gasteiger partial charge in [-0.2, -0.15) is 0 Å². The smallest absolute Gasteiger partial charge is 0.311 e. The average molecular weight is 885 g/mol. The van der Waals surface area contributed by atoms with Gasteiger partial charge in [-0.1, -0.05) is 51.0 Å². The van der Waals surface area contributed by atoms with E-state index in [0.29, 0.717) is 17.9 Å². The summed E-state index contributed by atoms with van der Waals surface area (Å²) in [5, 5.41) is 64.2. The molecule has 0 aromatic heterocycles. The lowest BCUT2D eigenvalue weighted by molar-refractivity contribution is -0.317. The van der Waals surface area contributed by atoms with Gasteiger partial charge in [0.25, 0.3) is 0 Å². The Bertz CT molecular complexity index is 1550. The van der Waals surface area contributed by atoms with Crippen molar-refractivity contribution in [1.29, 1.82) is 0 Å². The molecule has 1 aromatic rings. The maximum Gasteiger partial charge on any atom is 0.311 e. The molecule has 2 unspecified atom stereocenters. The van der Waals surface area contributed by atoms with Crippen LogP contribution in [0.3, 0.4) is 0 Å². The number of oxime groups is 1. The molecule has 0 aliphatic carbocycles. The van der Waals surface area contributed by atoms with Crippen molar-refractivity contribution in [2.75, 3.05) is 33.6 Å². The molecule has 3 fully saturated rings. The fourth-order valence-electron chi connectivity index (χ4n) is 9.43. The largest absolute Gasteiger partial charge is 0.459 e. The van der Waals surface area contributed by atoms with E-state index in [0.717, 1.165) is 4.90 Å². The van der Waals surface area contributed by atoms with Gasteiger partial charge in [-0.3, -0.25) is 4.79 Å². The third-order valence-electron chi connectivity index (χ3n) is 13.2. The number of benzene rings is 1. The van der Waals surface area contributed by atoms with Gasteiger partial charge in [0, 0.05) is 48.0 Å². The third-order valence-corrected chi connectivity index (χ3v) is 14.2. The van der Waals surface area contributed by atoms with Gasteiger partial charge < -0.3 is 63.7 Å². The van der Waals surface area contributed by atoms with Crippen molar-refractivity contribution >= 4 is 23.4 Å². The molecule has 4 rings (SSSR count). The monoisotopic (exact) mass is 885 g/mol. The molecule has 61 heavy (non-hydrogen) atoms. The number of hydrogen-bond acceptors (Lipinski definition) is 16. The molecular formula is C45H76N2O13S. The maximum absolute atomic E-state index is 14.4. The van der Waals surface area contributed by atoms with Crippen molar-refractivity contribution in [3.63, 3.8) is 0 Å². The fourth-order valence-corrected chi connectivity index (χ4v) is 10.2. The van der Waals surface area contributed by atoms with E-state index >= 15 is 0 Å². The number of esters is 1. The van der Waals surface area contributed by atoms with Gasteiger partial charge in [0.05, 0.1) is 53.4 Å². The standard InChI is InChI=1S/C45H76N2O13S/c1-14-33-45(10,53)38(49)27(4)35(46-55-20-21-61-31-18-16-15-17-19-31)25(2)23-43(8,52)40(60-42-36(48)32(47(11)12)22-26(3)56-42)28(5)37(29(6)41(51)58-33)59-34-24-44(9,54-13)39(50)30(7)57-34/h15-19,25-30,32-34,36-40,42,48-50,52-53H,14,20-24H2,1-13H3/b46-35+/t25-,26-,27-,28+,29-,30+,32+,33+,34?,36-,37+,38-,39+,40-,42+,43?,44-,45-/m1/s1. The van der Waals surface area contributed by atoms with Crippen LogP contribution in [0.4, 0.5) is 0 Å². The summed E-state index contributed by atoms with van der Waals surface area (Å²) in [4.78, 5) is 23.3. The first-order valence-electron chi connectivity index (χ1n) is 21.9. The average Bonchev–Trinajstić information content (AvgIpc) is 3.20. The van der Waals surface area contributed by atoms with Gasteiger partial charge in [0.1, 0.15) is 30.5 Å². The normalized spacial score (nSPS) is 44.1. The molecule has 3 saturated heterocycles. The van der Waals surface area contributed by atoms with E-state index in [1.54, 1.807) is 60.2 Å². The molecule has 15 nitrogen and oxygen atoms in total. The Hall–Kier alpha value is -1.93. The van der Waals surface area contributed by atoms with Crippen LogP contribution < -0.4 is 0 Å². The van der Waals surface area contributed by atoms with Crippen LogP contribution in [0.2, 0.25) is 0 Å². The lowest BCUT2D eigenvalue weighted by atomic mass is 9.73. The fraction of sp³-hybridized carbons (Fsp3) is 0.822. The predicted octanol–water partition coefficient (Wildman–Crippen LogP) is 4.38. The minimum atomic E-state index is -1.94. The molecule has 3 aliphatic heterocycles. The Labute approximate surface area is 367 Å². The number of rotatable bonds is 12. The number of nitrogens with zero attached hydrogens (tertiary/aromatic N) is 2. The van der Waals surface area contributed by atoms with Crippen LogP contribution in [-0.2, 0) is 38.1 Å². The Morgan fingerprint density at radius 3 is 2.18 bits per heavy atom. The van der Waals surface area contributed by atoms with Gasteiger partial charge in [-0.25, -0.2) is 0 Å². The molecule has 3 aliphatic rings. The zero-order valence-electron chi connectivity index (χ0n) is 38.6. The highest BCUT2D eigenvalue weighted by atomic mass is 32.2. The summed E-state index contributed by atoms with van der Waals surface area (Å²) < 4.78 is 37.9. The highest BCUT2D eigenvalue weighted by molar-refractivity contribution is 7.99. The summed E-state index contributed by atoms with van der Waals surface area (Å²) in [6.07, 6.45) is -9.29. The molecule has 0 radical (unpaired) electrons. The molecule has 0 amide bonds. The minimum absolute atomic E-state index is 0.00526. The summed E-state index contributed by atoms with van der Waals surface area (Å²) in [6.45, 7) is 17.4. The first-order chi connectivity index (χ1) is 28.5. The lowest BCUT2D eigenvalue weighted by Gasteiger charge is -2.49. The molecule has 350 valence electrons. The maximum atomic E-state index is 14.4. The SMILES string of the molecule is CC[C@@H]1OC(=O)[C@H](C)[C@@H](OC2C[C@@](C)(OC)[C@@H](O)[C@H](C)O2)[C@H](C)[C@@H](O[C@@H]2O[C@H](C)C[C@H](N(C)C)[C@H]2O)C(C)(O)C[C@@H](C)/C(=N\OCCSc2ccccc2)[C@@H](C)[C@@H](O)[C@]1(C)O. The van der Waals surface area contributed by atoms with Crippen LogP contribution in [0.5, 0.6) is 0 Å². The van der Waals surface area contributed by atoms with E-state index < -0.39 is 102 Å². The van der Waals surface area contributed by atoms with Gasteiger partial charge >= 0.3 is 5.97 Å². The second-order valence-electron chi connectivity index (χ2n) is 18.6. The summed E-state index contributed by atoms with van der Waals surface area (Å²) in [5.41, 5.74) is -4.37. The quantitative estimate of drug-likeness (QED) is 0.0858. The van der Waals surface area contributed by atoms with Crippen molar-refractivity contribution in [1.82, 2.24) is 4.90 Å². The zero-order valence-corrected chi connectivity index (χ0v) is 39.4. The van der Waals surface area contributed by atoms with Gasteiger partial charge in [-0.05, 0) is 87.0 Å². The molecular weight excluding hydrogens is 809 g/mol. The Morgan fingerprint density at radius 2 is 1.57 bits per heavy atom. The molecule has 0 spiro atoms. The van der Waals surface area contributed by atoms with Gasteiger partial charge in [-0.15, -0.1) is 11.8 Å². The zero-order chi connectivity index (χ0) is 45.6. The van der Waals surface area contributed by atoms with E-state index in [9.17, 15) is 30.3 Å². The Kier molecular flexibility index (Phi) is 18.5. The number of carbonyl (C=O) groups is 1. The van der Waals surface area contributed by atoms with Gasteiger partial charge in [0.2, 0.25) is 0 Å². The van der Waals surface area contributed by atoms with Crippen molar-refractivity contribution in [3.8, 4) is 0 Å². The van der Waals surface area contributed by atoms with Crippen molar-refractivity contribution in [2.45, 2.75) is 184 Å². The Balaban J connectivity index is 1.82. The van der Waals surface area contributed by atoms with Crippen LogP contribution in [0.15, 0.2) is 40.4 Å².